The van der Waals surface area contributed by atoms with Crippen molar-refractivity contribution < 1.29 is 4.79 Å². The van der Waals surface area contributed by atoms with E-state index in [0.717, 1.165) is 18.4 Å². The second kappa shape index (κ2) is 7.32. The Bertz CT molecular complexity index is 526. The van der Waals surface area contributed by atoms with Crippen molar-refractivity contribution in [3.05, 3.63) is 77.9 Å². The normalized spacial score (nSPS) is 10.7. The van der Waals surface area contributed by atoms with Gasteiger partial charge in [0.15, 0.2) is 5.78 Å². The van der Waals surface area contributed by atoms with E-state index >= 15 is 0 Å². The van der Waals surface area contributed by atoms with Crippen LogP contribution in [0.5, 0.6) is 0 Å². The molecule has 0 aliphatic carbocycles. The predicted octanol–water partition coefficient (Wildman–Crippen LogP) is 4.29. The molecule has 96 valence electrons. The molecule has 0 aromatic heterocycles. The van der Waals surface area contributed by atoms with E-state index in [-0.39, 0.29) is 5.78 Å². The summed E-state index contributed by atoms with van der Waals surface area (Å²) in [5, 5.41) is 0. The van der Waals surface area contributed by atoms with E-state index in [0.29, 0.717) is 6.42 Å². The van der Waals surface area contributed by atoms with E-state index < -0.39 is 0 Å². The van der Waals surface area contributed by atoms with Crippen LogP contribution in [0.2, 0.25) is 0 Å². The lowest BCUT2D eigenvalue weighted by molar-refractivity contribution is -0.114. The number of aryl methyl sites for hydroxylation is 1. The van der Waals surface area contributed by atoms with Gasteiger partial charge in [-0.15, -0.1) is 0 Å². The van der Waals surface area contributed by atoms with Crippen molar-refractivity contribution in [3.8, 4) is 0 Å². The van der Waals surface area contributed by atoms with Crippen LogP contribution in [0.3, 0.4) is 0 Å². The number of benzene rings is 2. The summed E-state index contributed by atoms with van der Waals surface area (Å²) in [6.07, 6.45) is 6.04. The molecule has 0 radical (unpaired) electrons. The summed E-state index contributed by atoms with van der Waals surface area (Å²) < 4.78 is 0. The summed E-state index contributed by atoms with van der Waals surface area (Å²) in [5.41, 5.74) is 2.36. The molecule has 0 fully saturated rings. The van der Waals surface area contributed by atoms with Gasteiger partial charge in [-0.25, -0.2) is 0 Å². The molecular weight excluding hydrogens is 232 g/mol. The van der Waals surface area contributed by atoms with Gasteiger partial charge in [0.05, 0.1) is 0 Å². The Morgan fingerprint density at radius 3 is 2.21 bits per heavy atom. The summed E-state index contributed by atoms with van der Waals surface area (Å²) in [5.74, 6) is 0.194. The molecule has 2 rings (SSSR count). The highest BCUT2D eigenvalue weighted by molar-refractivity contribution is 5.93. The van der Waals surface area contributed by atoms with Gasteiger partial charge in [-0.1, -0.05) is 66.7 Å². The maximum absolute atomic E-state index is 11.7. The number of allylic oxidation sites excluding steroid dienone is 1. The molecule has 2 aromatic rings. The zero-order valence-corrected chi connectivity index (χ0v) is 11.0. The van der Waals surface area contributed by atoms with Gasteiger partial charge in [-0.3, -0.25) is 4.79 Å². The number of carbonyl (C=O) groups excluding carboxylic acids is 1. The molecule has 1 nitrogen and oxygen atoms in total. The molecule has 2 aromatic carbocycles. The minimum Gasteiger partial charge on any atom is -0.295 e. The Morgan fingerprint density at radius 1 is 0.895 bits per heavy atom. The van der Waals surface area contributed by atoms with Gasteiger partial charge in [-0.05, 0) is 30.0 Å². The number of hydrogen-bond acceptors (Lipinski definition) is 1. The molecule has 0 bridgehead atoms. The first kappa shape index (κ1) is 13.3. The molecule has 0 N–H and O–H groups in total. The SMILES string of the molecule is O=C(/C=C\c1ccccc1)CCCc1ccccc1. The molecule has 0 aliphatic rings. The highest BCUT2D eigenvalue weighted by atomic mass is 16.1. The first-order chi connectivity index (χ1) is 9.34. The van der Waals surface area contributed by atoms with Crippen LogP contribution in [0.15, 0.2) is 66.7 Å². The van der Waals surface area contributed by atoms with Gasteiger partial charge in [0.1, 0.15) is 0 Å². The molecule has 19 heavy (non-hydrogen) atoms. The fourth-order valence-corrected chi connectivity index (χ4v) is 1.95. The fourth-order valence-electron chi connectivity index (χ4n) is 1.95. The maximum Gasteiger partial charge on any atom is 0.155 e. The van der Waals surface area contributed by atoms with E-state index in [1.54, 1.807) is 6.08 Å². The molecule has 0 aliphatic heterocycles. The molecule has 1 heteroatoms. The minimum atomic E-state index is 0.194. The Hall–Kier alpha value is -2.15. The first-order valence-electron chi connectivity index (χ1n) is 6.64. The highest BCUT2D eigenvalue weighted by Crippen LogP contribution is 2.06. The topological polar surface area (TPSA) is 17.1 Å². The fraction of sp³-hybridized carbons (Fsp3) is 0.167. The third-order valence-electron chi connectivity index (χ3n) is 2.99. The van der Waals surface area contributed by atoms with Gasteiger partial charge in [-0.2, -0.15) is 0 Å². The Balaban J connectivity index is 1.75. The highest BCUT2D eigenvalue weighted by Gasteiger charge is 1.98. The summed E-state index contributed by atoms with van der Waals surface area (Å²) >= 11 is 0. The van der Waals surface area contributed by atoms with E-state index in [1.165, 1.54) is 5.56 Å². The van der Waals surface area contributed by atoms with Crippen LogP contribution in [0, 0.1) is 0 Å². The zero-order valence-electron chi connectivity index (χ0n) is 11.0. The quantitative estimate of drug-likeness (QED) is 0.699. The number of rotatable bonds is 6. The van der Waals surface area contributed by atoms with Crippen LogP contribution in [0.1, 0.15) is 24.0 Å². The number of ketones is 1. The Morgan fingerprint density at radius 2 is 1.53 bits per heavy atom. The van der Waals surface area contributed by atoms with Crippen molar-refractivity contribution in [2.24, 2.45) is 0 Å². The van der Waals surface area contributed by atoms with E-state index in [1.807, 2.05) is 54.6 Å². The molecular formula is C18H18O. The Labute approximate surface area is 114 Å². The first-order valence-corrected chi connectivity index (χ1v) is 6.64. The lowest BCUT2D eigenvalue weighted by atomic mass is 10.1. The van der Waals surface area contributed by atoms with Crippen molar-refractivity contribution >= 4 is 11.9 Å². The van der Waals surface area contributed by atoms with E-state index in [9.17, 15) is 4.79 Å². The maximum atomic E-state index is 11.7. The average molecular weight is 250 g/mol. The third kappa shape index (κ3) is 4.92. The Kier molecular flexibility index (Phi) is 5.12. The van der Waals surface area contributed by atoms with Crippen molar-refractivity contribution in [2.75, 3.05) is 0 Å². The summed E-state index contributed by atoms with van der Waals surface area (Å²) in [4.78, 5) is 11.7. The second-order valence-corrected chi connectivity index (χ2v) is 4.55. The van der Waals surface area contributed by atoms with Crippen LogP contribution in [0.4, 0.5) is 0 Å². The van der Waals surface area contributed by atoms with Gasteiger partial charge in [0.2, 0.25) is 0 Å². The van der Waals surface area contributed by atoms with Crippen molar-refractivity contribution in [1.82, 2.24) is 0 Å². The monoisotopic (exact) mass is 250 g/mol. The summed E-state index contributed by atoms with van der Waals surface area (Å²) in [6, 6.07) is 20.2. The van der Waals surface area contributed by atoms with Crippen molar-refractivity contribution in [1.29, 1.82) is 0 Å². The van der Waals surface area contributed by atoms with Crippen LogP contribution in [-0.4, -0.2) is 5.78 Å². The number of carbonyl (C=O) groups is 1. The molecule has 0 heterocycles. The summed E-state index contributed by atoms with van der Waals surface area (Å²) in [6.45, 7) is 0. The van der Waals surface area contributed by atoms with Crippen molar-refractivity contribution in [3.63, 3.8) is 0 Å². The molecule has 0 unspecified atom stereocenters. The largest absolute Gasteiger partial charge is 0.295 e. The molecule has 0 atom stereocenters. The van der Waals surface area contributed by atoms with Crippen molar-refractivity contribution in [2.45, 2.75) is 19.3 Å². The van der Waals surface area contributed by atoms with E-state index in [4.69, 9.17) is 0 Å². The molecule has 0 amide bonds. The number of hydrogen-bond donors (Lipinski definition) is 0. The predicted molar refractivity (Wildman–Crippen MR) is 79.9 cm³/mol. The lowest BCUT2D eigenvalue weighted by Crippen LogP contribution is -1.94. The molecule has 0 saturated heterocycles. The molecule has 0 spiro atoms. The minimum absolute atomic E-state index is 0.194. The van der Waals surface area contributed by atoms with Crippen LogP contribution in [-0.2, 0) is 11.2 Å². The second-order valence-electron chi connectivity index (χ2n) is 4.55. The van der Waals surface area contributed by atoms with Crippen LogP contribution in [0.25, 0.3) is 6.08 Å². The van der Waals surface area contributed by atoms with Crippen LogP contribution >= 0.6 is 0 Å². The zero-order chi connectivity index (χ0) is 13.3. The standard InChI is InChI=1S/C18H18O/c19-18(15-14-17-10-5-2-6-11-17)13-7-12-16-8-3-1-4-9-16/h1-6,8-11,14-15H,7,12-13H2/b15-14-. The van der Waals surface area contributed by atoms with Gasteiger partial charge < -0.3 is 0 Å². The third-order valence-corrected chi connectivity index (χ3v) is 2.99. The van der Waals surface area contributed by atoms with Gasteiger partial charge in [0.25, 0.3) is 0 Å². The summed E-state index contributed by atoms with van der Waals surface area (Å²) in [7, 11) is 0. The smallest absolute Gasteiger partial charge is 0.155 e. The lowest BCUT2D eigenvalue weighted by Gasteiger charge is -1.99. The average Bonchev–Trinajstić information content (AvgIpc) is 2.47. The van der Waals surface area contributed by atoms with Crippen LogP contribution < -0.4 is 0 Å². The van der Waals surface area contributed by atoms with E-state index in [2.05, 4.69) is 12.1 Å². The van der Waals surface area contributed by atoms with Gasteiger partial charge in [0, 0.05) is 6.42 Å². The van der Waals surface area contributed by atoms with Gasteiger partial charge >= 0.3 is 0 Å². The molecule has 0 saturated carbocycles.